The van der Waals surface area contributed by atoms with Crippen LogP contribution in [0.4, 0.5) is 4.39 Å². The SMILES string of the molecule is NCCNC(=O)C1CC(N(CCc2ccccc2)CC2CCCCC2)CN1C(=O)c1ccc(F)cc1. The maximum absolute atomic E-state index is 13.5. The number of benzene rings is 2. The van der Waals surface area contributed by atoms with Gasteiger partial charge in [0.1, 0.15) is 11.9 Å². The van der Waals surface area contributed by atoms with Crippen LogP contribution in [0, 0.1) is 11.7 Å². The second-order valence-electron chi connectivity index (χ2n) is 10.2. The predicted octanol–water partition coefficient (Wildman–Crippen LogP) is 3.61. The third-order valence-corrected chi connectivity index (χ3v) is 7.64. The molecule has 3 N–H and O–H groups in total. The summed E-state index contributed by atoms with van der Waals surface area (Å²) in [4.78, 5) is 30.8. The minimum atomic E-state index is -0.565. The van der Waals surface area contributed by atoms with Gasteiger partial charge in [-0.25, -0.2) is 4.39 Å². The number of likely N-dealkylation sites (tertiary alicyclic amines) is 1. The fraction of sp³-hybridized carbons (Fsp3) is 0.517. The lowest BCUT2D eigenvalue weighted by molar-refractivity contribution is -0.124. The highest BCUT2D eigenvalue weighted by molar-refractivity contribution is 5.98. The Morgan fingerprint density at radius 1 is 1.03 bits per heavy atom. The molecule has 0 radical (unpaired) electrons. The molecule has 1 aliphatic heterocycles. The highest BCUT2D eigenvalue weighted by Gasteiger charge is 2.42. The van der Waals surface area contributed by atoms with E-state index in [1.54, 1.807) is 4.90 Å². The number of carbonyl (C=O) groups excluding carboxylic acids is 2. The van der Waals surface area contributed by atoms with E-state index in [1.165, 1.54) is 61.9 Å². The van der Waals surface area contributed by atoms with Gasteiger partial charge in [0.2, 0.25) is 5.91 Å². The van der Waals surface area contributed by atoms with Crippen molar-refractivity contribution in [1.82, 2.24) is 15.1 Å². The number of amides is 2. The molecule has 4 rings (SSSR count). The number of nitrogens with two attached hydrogens (primary N) is 1. The molecule has 7 heteroatoms. The van der Waals surface area contributed by atoms with E-state index in [-0.39, 0.29) is 23.7 Å². The lowest BCUT2D eigenvalue weighted by Crippen LogP contribution is -2.47. The van der Waals surface area contributed by atoms with Crippen LogP contribution < -0.4 is 11.1 Å². The van der Waals surface area contributed by atoms with Crippen molar-refractivity contribution in [2.45, 2.75) is 57.0 Å². The molecule has 1 saturated heterocycles. The number of nitrogens with one attached hydrogen (secondary N) is 1. The first-order valence-electron chi connectivity index (χ1n) is 13.4. The zero-order valence-corrected chi connectivity index (χ0v) is 21.1. The summed E-state index contributed by atoms with van der Waals surface area (Å²) < 4.78 is 13.5. The Labute approximate surface area is 214 Å². The maximum Gasteiger partial charge on any atom is 0.254 e. The van der Waals surface area contributed by atoms with E-state index < -0.39 is 6.04 Å². The summed E-state index contributed by atoms with van der Waals surface area (Å²) in [5.74, 6) is -0.131. The number of carbonyl (C=O) groups is 2. The van der Waals surface area contributed by atoms with Crippen LogP contribution in [0.1, 0.15) is 54.4 Å². The molecule has 2 aromatic carbocycles. The monoisotopic (exact) mass is 494 g/mol. The number of hydrogen-bond donors (Lipinski definition) is 2. The van der Waals surface area contributed by atoms with E-state index in [0.29, 0.717) is 37.5 Å². The van der Waals surface area contributed by atoms with Crippen LogP contribution in [0.2, 0.25) is 0 Å². The van der Waals surface area contributed by atoms with Crippen LogP contribution in [0.15, 0.2) is 54.6 Å². The average molecular weight is 495 g/mol. The van der Waals surface area contributed by atoms with Crippen molar-refractivity contribution in [2.24, 2.45) is 11.7 Å². The van der Waals surface area contributed by atoms with Gasteiger partial charge in [0.25, 0.3) is 5.91 Å². The third-order valence-electron chi connectivity index (χ3n) is 7.64. The fourth-order valence-corrected chi connectivity index (χ4v) is 5.66. The molecule has 194 valence electrons. The van der Waals surface area contributed by atoms with Gasteiger partial charge in [-0.05, 0) is 61.4 Å². The Hall–Kier alpha value is -2.77. The summed E-state index contributed by atoms with van der Waals surface area (Å²) >= 11 is 0. The Morgan fingerprint density at radius 2 is 1.75 bits per heavy atom. The second-order valence-corrected chi connectivity index (χ2v) is 10.2. The van der Waals surface area contributed by atoms with Crippen molar-refractivity contribution in [1.29, 1.82) is 0 Å². The van der Waals surface area contributed by atoms with E-state index in [2.05, 4.69) is 34.5 Å². The van der Waals surface area contributed by atoms with Crippen LogP contribution in [0.3, 0.4) is 0 Å². The van der Waals surface area contributed by atoms with Crippen molar-refractivity contribution >= 4 is 11.8 Å². The van der Waals surface area contributed by atoms with Crippen molar-refractivity contribution in [3.63, 3.8) is 0 Å². The highest BCUT2D eigenvalue weighted by atomic mass is 19.1. The molecule has 1 aliphatic carbocycles. The Morgan fingerprint density at radius 3 is 2.44 bits per heavy atom. The van der Waals surface area contributed by atoms with E-state index >= 15 is 0 Å². The Bertz CT molecular complexity index is 979. The maximum atomic E-state index is 13.5. The number of halogens is 1. The van der Waals surface area contributed by atoms with Crippen molar-refractivity contribution in [3.05, 3.63) is 71.5 Å². The zero-order chi connectivity index (χ0) is 25.3. The van der Waals surface area contributed by atoms with Gasteiger partial charge >= 0.3 is 0 Å². The molecule has 0 aromatic heterocycles. The fourth-order valence-electron chi connectivity index (χ4n) is 5.66. The first-order valence-corrected chi connectivity index (χ1v) is 13.4. The van der Waals surface area contributed by atoms with E-state index in [0.717, 1.165) is 19.5 Å². The molecule has 1 saturated carbocycles. The lowest BCUT2D eigenvalue weighted by atomic mass is 9.88. The molecular weight excluding hydrogens is 455 g/mol. The molecule has 2 amide bonds. The summed E-state index contributed by atoms with van der Waals surface area (Å²) in [7, 11) is 0. The molecule has 0 spiro atoms. The molecule has 0 bridgehead atoms. The minimum Gasteiger partial charge on any atom is -0.353 e. The van der Waals surface area contributed by atoms with Gasteiger partial charge in [-0.15, -0.1) is 0 Å². The molecule has 36 heavy (non-hydrogen) atoms. The summed E-state index contributed by atoms with van der Waals surface area (Å²) in [5, 5.41) is 2.88. The summed E-state index contributed by atoms with van der Waals surface area (Å²) in [6, 6.07) is 15.6. The number of rotatable bonds is 10. The molecule has 2 atom stereocenters. The van der Waals surface area contributed by atoms with E-state index in [4.69, 9.17) is 5.73 Å². The molecule has 2 unspecified atom stereocenters. The predicted molar refractivity (Wildman–Crippen MR) is 140 cm³/mol. The van der Waals surface area contributed by atoms with E-state index in [1.807, 2.05) is 6.07 Å². The van der Waals surface area contributed by atoms with Crippen LogP contribution in [0.25, 0.3) is 0 Å². The largest absolute Gasteiger partial charge is 0.353 e. The summed E-state index contributed by atoms with van der Waals surface area (Å²) in [6.45, 7) is 3.09. The van der Waals surface area contributed by atoms with Crippen molar-refractivity contribution in [2.75, 3.05) is 32.7 Å². The van der Waals surface area contributed by atoms with Gasteiger partial charge < -0.3 is 16.0 Å². The average Bonchev–Trinajstić information content (AvgIpc) is 3.36. The van der Waals surface area contributed by atoms with Crippen molar-refractivity contribution < 1.29 is 14.0 Å². The standard InChI is InChI=1S/C29H39FN4O2/c30-25-13-11-24(12-14-25)29(36)34-21-26(19-27(34)28(35)32-17-16-31)33(20-23-9-5-2-6-10-23)18-15-22-7-3-1-4-8-22/h1,3-4,7-8,11-14,23,26-27H,2,5-6,9-10,15-21,31H2,(H,32,35). The molecule has 2 aliphatic rings. The van der Waals surface area contributed by atoms with Gasteiger partial charge in [0.05, 0.1) is 0 Å². The van der Waals surface area contributed by atoms with Crippen LogP contribution in [0.5, 0.6) is 0 Å². The molecule has 1 heterocycles. The first kappa shape index (κ1) is 26.3. The Balaban J connectivity index is 1.54. The van der Waals surface area contributed by atoms with Crippen LogP contribution in [-0.4, -0.2) is 66.4 Å². The topological polar surface area (TPSA) is 78.7 Å². The first-order chi connectivity index (χ1) is 17.5. The van der Waals surface area contributed by atoms with Crippen LogP contribution >= 0.6 is 0 Å². The van der Waals surface area contributed by atoms with Crippen molar-refractivity contribution in [3.8, 4) is 0 Å². The van der Waals surface area contributed by atoms with Gasteiger partial charge in [0, 0.05) is 44.3 Å². The Kier molecular flexibility index (Phi) is 9.47. The lowest BCUT2D eigenvalue weighted by Gasteiger charge is -2.34. The smallest absolute Gasteiger partial charge is 0.254 e. The number of nitrogens with zero attached hydrogens (tertiary/aromatic N) is 2. The molecular formula is C29H39FN4O2. The highest BCUT2D eigenvalue weighted by Crippen LogP contribution is 2.29. The third kappa shape index (κ3) is 6.92. The summed E-state index contributed by atoms with van der Waals surface area (Å²) in [5.41, 5.74) is 7.30. The van der Waals surface area contributed by atoms with Gasteiger partial charge in [-0.3, -0.25) is 14.5 Å². The van der Waals surface area contributed by atoms with E-state index in [9.17, 15) is 14.0 Å². The second kappa shape index (κ2) is 13.0. The van der Waals surface area contributed by atoms with Crippen LogP contribution in [-0.2, 0) is 11.2 Å². The van der Waals surface area contributed by atoms with Gasteiger partial charge in [-0.1, -0.05) is 49.6 Å². The quantitative estimate of drug-likeness (QED) is 0.529. The van der Waals surface area contributed by atoms with Gasteiger partial charge in [-0.2, -0.15) is 0 Å². The molecule has 2 fully saturated rings. The molecule has 6 nitrogen and oxygen atoms in total. The normalized spacial score (nSPS) is 20.6. The minimum absolute atomic E-state index is 0.0914. The number of hydrogen-bond acceptors (Lipinski definition) is 4. The van der Waals surface area contributed by atoms with Gasteiger partial charge in [0.15, 0.2) is 0 Å². The summed E-state index contributed by atoms with van der Waals surface area (Å²) in [6.07, 6.45) is 7.88. The zero-order valence-electron chi connectivity index (χ0n) is 21.1. The molecule has 2 aromatic rings.